The van der Waals surface area contributed by atoms with Gasteiger partial charge in [0.1, 0.15) is 0 Å². The van der Waals surface area contributed by atoms with Crippen molar-refractivity contribution in [2.45, 2.75) is 38.5 Å². The van der Waals surface area contributed by atoms with Crippen molar-refractivity contribution in [1.29, 1.82) is 0 Å². The molecule has 1 aromatic carbocycles. The van der Waals surface area contributed by atoms with Crippen molar-refractivity contribution in [2.24, 2.45) is 5.73 Å². The molecular formula is C15H24N2S. The van der Waals surface area contributed by atoms with Gasteiger partial charge in [0.25, 0.3) is 0 Å². The van der Waals surface area contributed by atoms with Gasteiger partial charge in [0.2, 0.25) is 0 Å². The van der Waals surface area contributed by atoms with Crippen molar-refractivity contribution in [2.75, 3.05) is 23.7 Å². The molecule has 100 valence electrons. The van der Waals surface area contributed by atoms with Crippen molar-refractivity contribution in [3.8, 4) is 0 Å². The van der Waals surface area contributed by atoms with E-state index in [1.807, 2.05) is 0 Å². The minimum absolute atomic E-state index is 0.405. The van der Waals surface area contributed by atoms with Crippen LogP contribution in [-0.4, -0.2) is 23.6 Å². The van der Waals surface area contributed by atoms with Crippen LogP contribution >= 0.6 is 11.8 Å². The summed E-state index contributed by atoms with van der Waals surface area (Å²) in [6, 6.07) is 6.65. The second-order valence-electron chi connectivity index (χ2n) is 5.68. The summed E-state index contributed by atoms with van der Waals surface area (Å²) in [7, 11) is 0. The van der Waals surface area contributed by atoms with Gasteiger partial charge in [-0.15, -0.1) is 0 Å². The number of nitrogens with zero attached hydrogens (tertiary/aromatic N) is 1. The van der Waals surface area contributed by atoms with Crippen molar-refractivity contribution in [1.82, 2.24) is 0 Å². The number of hydrogen-bond donors (Lipinski definition) is 1. The Balaban J connectivity index is 2.21. The highest BCUT2D eigenvalue weighted by Crippen LogP contribution is 2.33. The summed E-state index contributed by atoms with van der Waals surface area (Å²) < 4.78 is 0.405. The van der Waals surface area contributed by atoms with Crippen LogP contribution < -0.4 is 10.6 Å². The minimum Gasteiger partial charge on any atom is -0.370 e. The lowest BCUT2D eigenvalue weighted by Gasteiger charge is -2.26. The van der Waals surface area contributed by atoms with E-state index in [9.17, 15) is 0 Å². The first-order valence-electron chi connectivity index (χ1n) is 6.70. The SMILES string of the molecule is Cc1ccc(N2CCSC(C)(C)CC2)c(CN)c1. The predicted molar refractivity (Wildman–Crippen MR) is 82.4 cm³/mol. The van der Waals surface area contributed by atoms with E-state index in [-0.39, 0.29) is 0 Å². The molecule has 0 aromatic heterocycles. The lowest BCUT2D eigenvalue weighted by Crippen LogP contribution is -2.28. The van der Waals surface area contributed by atoms with Crippen LogP contribution in [0.4, 0.5) is 5.69 Å². The monoisotopic (exact) mass is 264 g/mol. The van der Waals surface area contributed by atoms with Gasteiger partial charge in [-0.25, -0.2) is 0 Å². The zero-order valence-corrected chi connectivity index (χ0v) is 12.5. The summed E-state index contributed by atoms with van der Waals surface area (Å²) in [5.41, 5.74) is 9.79. The first kappa shape index (κ1) is 13.8. The van der Waals surface area contributed by atoms with Crippen LogP contribution in [0.3, 0.4) is 0 Å². The maximum absolute atomic E-state index is 5.89. The number of benzene rings is 1. The van der Waals surface area contributed by atoms with Gasteiger partial charge in [0.15, 0.2) is 0 Å². The molecule has 2 nitrogen and oxygen atoms in total. The Morgan fingerprint density at radius 1 is 1.33 bits per heavy atom. The van der Waals surface area contributed by atoms with Crippen LogP contribution in [0.5, 0.6) is 0 Å². The number of hydrogen-bond acceptors (Lipinski definition) is 3. The molecular weight excluding hydrogens is 240 g/mol. The number of aryl methyl sites for hydroxylation is 1. The molecule has 1 fully saturated rings. The fourth-order valence-corrected chi connectivity index (χ4v) is 3.55. The standard InChI is InChI=1S/C15H24N2S/c1-12-4-5-14(13(10-12)11-16)17-7-6-15(2,3)18-9-8-17/h4-5,10H,6-9,11,16H2,1-3H3. The van der Waals surface area contributed by atoms with E-state index in [0.717, 1.165) is 13.1 Å². The first-order chi connectivity index (χ1) is 8.52. The van der Waals surface area contributed by atoms with Crippen molar-refractivity contribution >= 4 is 17.4 Å². The molecule has 2 rings (SSSR count). The van der Waals surface area contributed by atoms with Crippen molar-refractivity contribution in [3.63, 3.8) is 0 Å². The van der Waals surface area contributed by atoms with Crippen molar-refractivity contribution < 1.29 is 0 Å². The third-order valence-electron chi connectivity index (χ3n) is 3.63. The van der Waals surface area contributed by atoms with Gasteiger partial charge in [0.05, 0.1) is 0 Å². The number of anilines is 1. The minimum atomic E-state index is 0.405. The lowest BCUT2D eigenvalue weighted by molar-refractivity contribution is 0.637. The molecule has 0 bridgehead atoms. The van der Waals surface area contributed by atoms with Gasteiger partial charge in [0, 0.05) is 35.8 Å². The molecule has 0 amide bonds. The Morgan fingerprint density at radius 2 is 2.11 bits per heavy atom. The molecule has 1 aliphatic rings. The highest BCUT2D eigenvalue weighted by atomic mass is 32.2. The molecule has 18 heavy (non-hydrogen) atoms. The molecule has 0 unspecified atom stereocenters. The Morgan fingerprint density at radius 3 is 2.83 bits per heavy atom. The third-order valence-corrected chi connectivity index (χ3v) is 5.01. The maximum atomic E-state index is 5.89. The molecule has 1 aliphatic heterocycles. The van der Waals surface area contributed by atoms with Crippen LogP contribution in [0.1, 0.15) is 31.4 Å². The number of rotatable bonds is 2. The average Bonchev–Trinajstić information content (AvgIpc) is 2.50. The molecule has 1 aromatic rings. The Hall–Kier alpha value is -0.670. The van der Waals surface area contributed by atoms with Crippen LogP contribution in [-0.2, 0) is 6.54 Å². The van der Waals surface area contributed by atoms with Gasteiger partial charge in [-0.3, -0.25) is 0 Å². The van der Waals surface area contributed by atoms with Crippen LogP contribution in [0.25, 0.3) is 0 Å². The summed E-state index contributed by atoms with van der Waals surface area (Å²) in [6.45, 7) is 9.72. The summed E-state index contributed by atoms with van der Waals surface area (Å²) in [5, 5.41) is 0. The Kier molecular flexibility index (Phi) is 4.23. The molecule has 0 atom stereocenters. The van der Waals surface area contributed by atoms with Crippen LogP contribution in [0.15, 0.2) is 18.2 Å². The van der Waals surface area contributed by atoms with Gasteiger partial charge in [-0.1, -0.05) is 31.5 Å². The van der Waals surface area contributed by atoms with E-state index in [1.165, 1.54) is 29.0 Å². The summed E-state index contributed by atoms with van der Waals surface area (Å²) in [4.78, 5) is 2.50. The molecule has 0 saturated carbocycles. The molecule has 1 saturated heterocycles. The zero-order valence-electron chi connectivity index (χ0n) is 11.7. The molecule has 1 heterocycles. The summed E-state index contributed by atoms with van der Waals surface area (Å²) >= 11 is 2.08. The van der Waals surface area contributed by atoms with E-state index in [4.69, 9.17) is 5.73 Å². The van der Waals surface area contributed by atoms with Gasteiger partial charge in [-0.2, -0.15) is 11.8 Å². The fourth-order valence-electron chi connectivity index (χ4n) is 2.45. The number of nitrogens with two attached hydrogens (primary N) is 1. The highest BCUT2D eigenvalue weighted by Gasteiger charge is 2.24. The summed E-state index contributed by atoms with van der Waals surface area (Å²) in [5.74, 6) is 1.20. The van der Waals surface area contributed by atoms with Crippen molar-refractivity contribution in [3.05, 3.63) is 29.3 Å². The summed E-state index contributed by atoms with van der Waals surface area (Å²) in [6.07, 6.45) is 1.23. The second-order valence-corrected chi connectivity index (χ2v) is 7.48. The fraction of sp³-hybridized carbons (Fsp3) is 0.600. The quantitative estimate of drug-likeness (QED) is 0.889. The lowest BCUT2D eigenvalue weighted by atomic mass is 10.1. The topological polar surface area (TPSA) is 29.3 Å². The van der Waals surface area contributed by atoms with E-state index < -0.39 is 0 Å². The number of thioether (sulfide) groups is 1. The average molecular weight is 264 g/mol. The largest absolute Gasteiger partial charge is 0.370 e. The molecule has 2 N–H and O–H groups in total. The Labute approximate surface area is 115 Å². The Bertz CT molecular complexity index is 415. The van der Waals surface area contributed by atoms with Gasteiger partial charge < -0.3 is 10.6 Å². The molecule has 3 heteroatoms. The van der Waals surface area contributed by atoms with E-state index in [0.29, 0.717) is 11.3 Å². The molecule has 0 spiro atoms. The van der Waals surface area contributed by atoms with Gasteiger partial charge >= 0.3 is 0 Å². The van der Waals surface area contributed by atoms with E-state index in [1.54, 1.807) is 0 Å². The first-order valence-corrected chi connectivity index (χ1v) is 7.69. The smallest absolute Gasteiger partial charge is 0.0412 e. The van der Waals surface area contributed by atoms with Gasteiger partial charge in [-0.05, 0) is 25.0 Å². The normalized spacial score (nSPS) is 19.7. The molecule has 0 radical (unpaired) electrons. The predicted octanol–water partition coefficient (Wildman–Crippen LogP) is 3.18. The van der Waals surface area contributed by atoms with E-state index in [2.05, 4.69) is 55.6 Å². The second kappa shape index (κ2) is 5.54. The highest BCUT2D eigenvalue weighted by molar-refractivity contribution is 8.00. The van der Waals surface area contributed by atoms with Crippen LogP contribution in [0, 0.1) is 6.92 Å². The zero-order chi connectivity index (χ0) is 13.2. The third kappa shape index (κ3) is 3.21. The molecule has 0 aliphatic carbocycles. The van der Waals surface area contributed by atoms with E-state index >= 15 is 0 Å². The maximum Gasteiger partial charge on any atom is 0.0412 e. The van der Waals surface area contributed by atoms with Crippen LogP contribution in [0.2, 0.25) is 0 Å².